The number of benzene rings is 1. The molecule has 0 heterocycles. The van der Waals surface area contributed by atoms with Crippen molar-refractivity contribution in [2.75, 3.05) is 19.4 Å². The summed E-state index contributed by atoms with van der Waals surface area (Å²) in [4.78, 5) is 11.7. The van der Waals surface area contributed by atoms with Gasteiger partial charge in [-0.05, 0) is 18.6 Å². The summed E-state index contributed by atoms with van der Waals surface area (Å²) < 4.78 is 5.09. The van der Waals surface area contributed by atoms with Crippen LogP contribution in [0.2, 0.25) is 0 Å². The monoisotopic (exact) mass is 220 g/mol. The SMILES string of the molecule is C=CCCNC(=O)c1ccc(N)cc1OC. The van der Waals surface area contributed by atoms with Gasteiger partial charge in [0.15, 0.2) is 0 Å². The molecule has 0 bridgehead atoms. The van der Waals surface area contributed by atoms with Crippen LogP contribution in [-0.4, -0.2) is 19.6 Å². The highest BCUT2D eigenvalue weighted by molar-refractivity contribution is 5.97. The summed E-state index contributed by atoms with van der Waals surface area (Å²) in [6.45, 7) is 4.15. The van der Waals surface area contributed by atoms with Crippen molar-refractivity contribution in [2.24, 2.45) is 0 Å². The lowest BCUT2D eigenvalue weighted by Crippen LogP contribution is -2.24. The van der Waals surface area contributed by atoms with E-state index in [2.05, 4.69) is 11.9 Å². The summed E-state index contributed by atoms with van der Waals surface area (Å²) in [7, 11) is 1.51. The fourth-order valence-corrected chi connectivity index (χ4v) is 1.28. The largest absolute Gasteiger partial charge is 0.496 e. The van der Waals surface area contributed by atoms with Crippen molar-refractivity contribution in [3.63, 3.8) is 0 Å². The van der Waals surface area contributed by atoms with Gasteiger partial charge in [0.05, 0.1) is 12.7 Å². The minimum atomic E-state index is -0.168. The van der Waals surface area contributed by atoms with Gasteiger partial charge in [-0.15, -0.1) is 6.58 Å². The van der Waals surface area contributed by atoms with E-state index in [4.69, 9.17) is 10.5 Å². The standard InChI is InChI=1S/C12H16N2O2/c1-3-4-7-14-12(15)10-6-5-9(13)8-11(10)16-2/h3,5-6,8H,1,4,7,13H2,2H3,(H,14,15). The second kappa shape index (κ2) is 5.80. The first-order valence-electron chi connectivity index (χ1n) is 5.01. The molecule has 0 unspecified atom stereocenters. The van der Waals surface area contributed by atoms with Crippen molar-refractivity contribution >= 4 is 11.6 Å². The van der Waals surface area contributed by atoms with Crippen LogP contribution in [-0.2, 0) is 0 Å². The molecule has 0 spiro atoms. The molecule has 4 heteroatoms. The van der Waals surface area contributed by atoms with Gasteiger partial charge in [-0.1, -0.05) is 6.08 Å². The smallest absolute Gasteiger partial charge is 0.255 e. The molecule has 1 aromatic carbocycles. The zero-order valence-electron chi connectivity index (χ0n) is 9.32. The van der Waals surface area contributed by atoms with Crippen molar-refractivity contribution in [1.82, 2.24) is 5.32 Å². The number of nitrogens with one attached hydrogen (secondary N) is 1. The molecule has 0 aromatic heterocycles. The van der Waals surface area contributed by atoms with Gasteiger partial charge in [-0.2, -0.15) is 0 Å². The Morgan fingerprint density at radius 3 is 3.00 bits per heavy atom. The molecule has 86 valence electrons. The predicted molar refractivity (Wildman–Crippen MR) is 64.6 cm³/mol. The molecule has 16 heavy (non-hydrogen) atoms. The van der Waals surface area contributed by atoms with Crippen LogP contribution in [0.5, 0.6) is 5.75 Å². The Labute approximate surface area is 95.1 Å². The highest BCUT2D eigenvalue weighted by Crippen LogP contribution is 2.21. The van der Waals surface area contributed by atoms with Crippen molar-refractivity contribution in [3.8, 4) is 5.75 Å². The fourth-order valence-electron chi connectivity index (χ4n) is 1.28. The number of nitrogen functional groups attached to an aromatic ring is 1. The quantitative estimate of drug-likeness (QED) is 0.450. The van der Waals surface area contributed by atoms with Gasteiger partial charge >= 0.3 is 0 Å². The van der Waals surface area contributed by atoms with Crippen molar-refractivity contribution in [1.29, 1.82) is 0 Å². The maximum Gasteiger partial charge on any atom is 0.255 e. The predicted octanol–water partition coefficient (Wildman–Crippen LogP) is 1.58. The molecule has 3 N–H and O–H groups in total. The molecule has 0 fully saturated rings. The number of carbonyl (C=O) groups excluding carboxylic acids is 1. The average Bonchev–Trinajstić information content (AvgIpc) is 2.29. The van der Waals surface area contributed by atoms with E-state index >= 15 is 0 Å². The molecule has 1 amide bonds. The van der Waals surface area contributed by atoms with Gasteiger partial charge in [-0.3, -0.25) is 4.79 Å². The Morgan fingerprint density at radius 1 is 1.62 bits per heavy atom. The number of hydrogen-bond acceptors (Lipinski definition) is 3. The lowest BCUT2D eigenvalue weighted by atomic mass is 10.1. The number of rotatable bonds is 5. The minimum absolute atomic E-state index is 0.168. The first kappa shape index (κ1) is 12.1. The highest BCUT2D eigenvalue weighted by Gasteiger charge is 2.11. The Hall–Kier alpha value is -1.97. The zero-order chi connectivity index (χ0) is 12.0. The maximum absolute atomic E-state index is 11.7. The number of nitrogens with two attached hydrogens (primary N) is 1. The van der Waals surface area contributed by atoms with E-state index in [-0.39, 0.29) is 5.91 Å². The van der Waals surface area contributed by atoms with Gasteiger partial charge in [-0.25, -0.2) is 0 Å². The second-order valence-corrected chi connectivity index (χ2v) is 3.29. The van der Waals surface area contributed by atoms with Crippen LogP contribution < -0.4 is 15.8 Å². The van der Waals surface area contributed by atoms with E-state index in [1.165, 1.54) is 7.11 Å². The van der Waals surface area contributed by atoms with Gasteiger partial charge in [0.2, 0.25) is 0 Å². The van der Waals surface area contributed by atoms with Gasteiger partial charge in [0, 0.05) is 18.3 Å². The van der Waals surface area contributed by atoms with Crippen LogP contribution in [0.1, 0.15) is 16.8 Å². The van der Waals surface area contributed by atoms with Gasteiger partial charge in [0.25, 0.3) is 5.91 Å². The van der Waals surface area contributed by atoms with Crippen molar-refractivity contribution in [3.05, 3.63) is 36.4 Å². The molecule has 1 rings (SSSR count). The molecule has 0 radical (unpaired) electrons. The average molecular weight is 220 g/mol. The Balaban J connectivity index is 2.78. The van der Waals surface area contributed by atoms with E-state index in [1.807, 2.05) is 0 Å². The molecular formula is C12H16N2O2. The number of anilines is 1. The number of amides is 1. The summed E-state index contributed by atoms with van der Waals surface area (Å²) >= 11 is 0. The first-order valence-corrected chi connectivity index (χ1v) is 5.01. The zero-order valence-corrected chi connectivity index (χ0v) is 9.32. The maximum atomic E-state index is 11.7. The fraction of sp³-hybridized carbons (Fsp3) is 0.250. The third-order valence-corrected chi connectivity index (χ3v) is 2.10. The van der Waals surface area contributed by atoms with E-state index in [0.717, 1.165) is 6.42 Å². The number of ether oxygens (including phenoxy) is 1. The Morgan fingerprint density at radius 2 is 2.38 bits per heavy atom. The molecular weight excluding hydrogens is 204 g/mol. The van der Waals surface area contributed by atoms with E-state index in [9.17, 15) is 4.79 Å². The van der Waals surface area contributed by atoms with E-state index < -0.39 is 0 Å². The Bertz CT molecular complexity index is 389. The highest BCUT2D eigenvalue weighted by atomic mass is 16.5. The molecule has 4 nitrogen and oxygen atoms in total. The third-order valence-electron chi connectivity index (χ3n) is 2.10. The first-order chi connectivity index (χ1) is 7.69. The second-order valence-electron chi connectivity index (χ2n) is 3.29. The van der Waals surface area contributed by atoms with Crippen LogP contribution >= 0.6 is 0 Å². The van der Waals surface area contributed by atoms with Crippen molar-refractivity contribution in [2.45, 2.75) is 6.42 Å². The minimum Gasteiger partial charge on any atom is -0.496 e. The third kappa shape index (κ3) is 3.02. The van der Waals surface area contributed by atoms with E-state index in [0.29, 0.717) is 23.5 Å². The summed E-state index contributed by atoms with van der Waals surface area (Å²) in [5, 5.41) is 2.76. The van der Waals surface area contributed by atoms with Crippen LogP contribution in [0.15, 0.2) is 30.9 Å². The number of methoxy groups -OCH3 is 1. The lowest BCUT2D eigenvalue weighted by molar-refractivity contribution is 0.0951. The summed E-state index contributed by atoms with van der Waals surface area (Å²) in [5.74, 6) is 0.315. The van der Waals surface area contributed by atoms with Crippen molar-refractivity contribution < 1.29 is 9.53 Å². The summed E-state index contributed by atoms with van der Waals surface area (Å²) in [6.07, 6.45) is 2.49. The topological polar surface area (TPSA) is 64.4 Å². The van der Waals surface area contributed by atoms with E-state index in [1.54, 1.807) is 24.3 Å². The number of carbonyl (C=O) groups is 1. The van der Waals surface area contributed by atoms with Gasteiger partial charge in [0.1, 0.15) is 5.75 Å². The number of hydrogen-bond donors (Lipinski definition) is 2. The Kier molecular flexibility index (Phi) is 4.39. The molecule has 0 aliphatic carbocycles. The normalized spacial score (nSPS) is 9.56. The lowest BCUT2D eigenvalue weighted by Gasteiger charge is -2.09. The molecule has 0 aliphatic heterocycles. The summed E-state index contributed by atoms with van der Waals surface area (Å²) in [6, 6.07) is 4.95. The molecule has 0 aliphatic rings. The van der Waals surface area contributed by atoms with Crippen LogP contribution in [0.25, 0.3) is 0 Å². The van der Waals surface area contributed by atoms with Gasteiger partial charge < -0.3 is 15.8 Å². The molecule has 0 saturated carbocycles. The molecule has 0 saturated heterocycles. The van der Waals surface area contributed by atoms with Crippen LogP contribution in [0.3, 0.4) is 0 Å². The summed E-state index contributed by atoms with van der Waals surface area (Å²) in [5.41, 5.74) is 6.66. The molecule has 0 atom stereocenters. The molecule has 1 aromatic rings. The van der Waals surface area contributed by atoms with Crippen LogP contribution in [0.4, 0.5) is 5.69 Å². The van der Waals surface area contributed by atoms with Crippen LogP contribution in [0, 0.1) is 0 Å².